The lowest BCUT2D eigenvalue weighted by atomic mass is 10.2. The number of phenols is 1. The van der Waals surface area contributed by atoms with Crippen molar-refractivity contribution in [2.75, 3.05) is 5.43 Å². The van der Waals surface area contributed by atoms with Crippen LogP contribution >= 0.6 is 15.9 Å². The van der Waals surface area contributed by atoms with Gasteiger partial charge < -0.3 is 10.2 Å². The average Bonchev–Trinajstić information content (AvgIpc) is 2.42. The van der Waals surface area contributed by atoms with Crippen LogP contribution in [0.2, 0.25) is 0 Å². The first-order valence-electron chi connectivity index (χ1n) is 5.67. The van der Waals surface area contributed by atoms with E-state index < -0.39 is 5.97 Å². The van der Waals surface area contributed by atoms with Crippen molar-refractivity contribution in [3.8, 4) is 5.75 Å². The molecule has 2 rings (SSSR count). The Bertz CT molecular complexity index is 654. The third-order valence-corrected chi connectivity index (χ3v) is 3.03. The van der Waals surface area contributed by atoms with E-state index in [9.17, 15) is 9.90 Å². The molecular weight excluding hydrogens is 324 g/mol. The number of hydrazone groups is 1. The molecule has 0 aliphatic heterocycles. The standard InChI is InChI=1S/C14H11BrN2O3/c15-10-3-1-9(2-4-10)8-16-17-11-5-6-13(18)12(7-11)14(19)20/h1-8,17-18H,(H,19,20). The topological polar surface area (TPSA) is 81.9 Å². The van der Waals surface area contributed by atoms with Crippen LogP contribution in [0.15, 0.2) is 52.0 Å². The maximum Gasteiger partial charge on any atom is 0.339 e. The van der Waals surface area contributed by atoms with Gasteiger partial charge in [0, 0.05) is 4.47 Å². The number of halogens is 1. The van der Waals surface area contributed by atoms with Gasteiger partial charge in [-0.3, -0.25) is 5.43 Å². The number of aromatic hydroxyl groups is 1. The van der Waals surface area contributed by atoms with Crippen LogP contribution in [-0.2, 0) is 0 Å². The highest BCUT2D eigenvalue weighted by molar-refractivity contribution is 9.10. The number of rotatable bonds is 4. The van der Waals surface area contributed by atoms with E-state index in [-0.39, 0.29) is 11.3 Å². The average molecular weight is 335 g/mol. The minimum absolute atomic E-state index is 0.172. The van der Waals surface area contributed by atoms with Gasteiger partial charge in [-0.2, -0.15) is 5.10 Å². The van der Waals surface area contributed by atoms with E-state index in [1.54, 1.807) is 12.3 Å². The van der Waals surface area contributed by atoms with Gasteiger partial charge in [-0.15, -0.1) is 0 Å². The quantitative estimate of drug-likeness (QED) is 0.455. The van der Waals surface area contributed by atoms with Crippen molar-refractivity contribution in [1.82, 2.24) is 0 Å². The lowest BCUT2D eigenvalue weighted by Gasteiger charge is -2.03. The number of carboxylic acids is 1. The molecular formula is C14H11BrN2O3. The molecule has 0 saturated heterocycles. The second kappa shape index (κ2) is 6.21. The molecule has 3 N–H and O–H groups in total. The number of nitrogens with one attached hydrogen (secondary N) is 1. The van der Waals surface area contributed by atoms with E-state index in [1.807, 2.05) is 24.3 Å². The Hall–Kier alpha value is -2.34. The molecule has 0 saturated carbocycles. The Morgan fingerprint density at radius 3 is 2.55 bits per heavy atom. The molecule has 0 unspecified atom stereocenters. The predicted molar refractivity (Wildman–Crippen MR) is 80.4 cm³/mol. The molecule has 5 nitrogen and oxygen atoms in total. The third-order valence-electron chi connectivity index (χ3n) is 2.50. The van der Waals surface area contributed by atoms with Gasteiger partial charge in [0.25, 0.3) is 0 Å². The maximum atomic E-state index is 10.9. The van der Waals surface area contributed by atoms with Gasteiger partial charge in [0.1, 0.15) is 11.3 Å². The largest absolute Gasteiger partial charge is 0.507 e. The first-order chi connectivity index (χ1) is 9.56. The van der Waals surface area contributed by atoms with Crippen molar-refractivity contribution in [2.45, 2.75) is 0 Å². The summed E-state index contributed by atoms with van der Waals surface area (Å²) in [6.07, 6.45) is 1.61. The number of benzene rings is 2. The summed E-state index contributed by atoms with van der Waals surface area (Å²) in [5.74, 6) is -1.47. The summed E-state index contributed by atoms with van der Waals surface area (Å²) >= 11 is 3.34. The molecule has 0 aliphatic rings. The molecule has 0 aromatic heterocycles. The summed E-state index contributed by atoms with van der Waals surface area (Å²) in [7, 11) is 0. The fraction of sp³-hybridized carbons (Fsp3) is 0. The van der Waals surface area contributed by atoms with Crippen molar-refractivity contribution in [3.63, 3.8) is 0 Å². The van der Waals surface area contributed by atoms with Gasteiger partial charge in [0.05, 0.1) is 11.9 Å². The maximum absolute atomic E-state index is 10.9. The summed E-state index contributed by atoms with van der Waals surface area (Å²) in [5.41, 5.74) is 3.92. The zero-order valence-electron chi connectivity index (χ0n) is 10.2. The molecule has 0 amide bonds. The SMILES string of the molecule is O=C(O)c1cc(NN=Cc2ccc(Br)cc2)ccc1O. The summed E-state index contributed by atoms with van der Waals surface area (Å²) in [6, 6.07) is 11.7. The minimum atomic E-state index is -1.19. The zero-order valence-corrected chi connectivity index (χ0v) is 11.8. The monoisotopic (exact) mass is 334 g/mol. The van der Waals surface area contributed by atoms with E-state index >= 15 is 0 Å². The van der Waals surface area contributed by atoms with Crippen LogP contribution in [0.25, 0.3) is 0 Å². The van der Waals surface area contributed by atoms with Gasteiger partial charge in [0.15, 0.2) is 0 Å². The molecule has 102 valence electrons. The zero-order chi connectivity index (χ0) is 14.5. The van der Waals surface area contributed by atoms with Crippen molar-refractivity contribution in [1.29, 1.82) is 0 Å². The highest BCUT2D eigenvalue weighted by Gasteiger charge is 2.09. The Kier molecular flexibility index (Phi) is 4.37. The van der Waals surface area contributed by atoms with Crippen LogP contribution in [-0.4, -0.2) is 22.4 Å². The molecule has 0 fully saturated rings. The first kappa shape index (κ1) is 14.1. The van der Waals surface area contributed by atoms with Crippen LogP contribution in [0.5, 0.6) is 5.75 Å². The second-order valence-corrected chi connectivity index (χ2v) is 4.87. The van der Waals surface area contributed by atoms with E-state index in [0.717, 1.165) is 10.0 Å². The van der Waals surface area contributed by atoms with Crippen LogP contribution < -0.4 is 5.43 Å². The van der Waals surface area contributed by atoms with Crippen molar-refractivity contribution in [3.05, 3.63) is 58.1 Å². The van der Waals surface area contributed by atoms with Crippen LogP contribution in [0.4, 0.5) is 5.69 Å². The van der Waals surface area contributed by atoms with E-state index in [0.29, 0.717) is 5.69 Å². The van der Waals surface area contributed by atoms with Crippen molar-refractivity contribution in [2.24, 2.45) is 5.10 Å². The Morgan fingerprint density at radius 2 is 1.90 bits per heavy atom. The summed E-state index contributed by atoms with van der Waals surface area (Å²) in [6.45, 7) is 0. The van der Waals surface area contributed by atoms with Gasteiger partial charge >= 0.3 is 5.97 Å². The highest BCUT2D eigenvalue weighted by Crippen LogP contribution is 2.21. The molecule has 0 aliphatic carbocycles. The van der Waals surface area contributed by atoms with Crippen LogP contribution in [0, 0.1) is 0 Å². The number of hydrogen-bond donors (Lipinski definition) is 3. The van der Waals surface area contributed by atoms with Gasteiger partial charge in [-0.05, 0) is 35.9 Å². The number of nitrogens with zero attached hydrogens (tertiary/aromatic N) is 1. The molecule has 20 heavy (non-hydrogen) atoms. The Morgan fingerprint density at radius 1 is 1.20 bits per heavy atom. The Labute approximate surface area is 123 Å². The number of carbonyl (C=O) groups is 1. The van der Waals surface area contributed by atoms with E-state index in [1.165, 1.54) is 12.1 Å². The highest BCUT2D eigenvalue weighted by atomic mass is 79.9. The number of anilines is 1. The molecule has 0 bridgehead atoms. The summed E-state index contributed by atoms with van der Waals surface area (Å²) < 4.78 is 0.979. The Balaban J connectivity index is 2.09. The predicted octanol–water partition coefficient (Wildman–Crippen LogP) is 3.30. The van der Waals surface area contributed by atoms with Crippen LogP contribution in [0.3, 0.4) is 0 Å². The second-order valence-electron chi connectivity index (χ2n) is 3.96. The minimum Gasteiger partial charge on any atom is -0.507 e. The van der Waals surface area contributed by atoms with Crippen molar-refractivity contribution < 1.29 is 15.0 Å². The molecule has 0 heterocycles. The van der Waals surface area contributed by atoms with Crippen LogP contribution in [0.1, 0.15) is 15.9 Å². The van der Waals surface area contributed by atoms with Gasteiger partial charge in [-0.25, -0.2) is 4.79 Å². The number of hydrogen-bond acceptors (Lipinski definition) is 4. The fourth-order valence-electron chi connectivity index (χ4n) is 1.51. The molecule has 0 atom stereocenters. The molecule has 2 aromatic rings. The van der Waals surface area contributed by atoms with Crippen molar-refractivity contribution >= 4 is 33.8 Å². The third kappa shape index (κ3) is 3.58. The lowest BCUT2D eigenvalue weighted by molar-refractivity contribution is 0.0694. The van der Waals surface area contributed by atoms with E-state index in [2.05, 4.69) is 26.5 Å². The molecule has 0 radical (unpaired) electrons. The summed E-state index contributed by atoms with van der Waals surface area (Å²) in [4.78, 5) is 10.9. The number of carboxylic acid groups (broad SMARTS) is 1. The van der Waals surface area contributed by atoms with Gasteiger partial charge in [-0.1, -0.05) is 28.1 Å². The first-order valence-corrected chi connectivity index (χ1v) is 6.46. The number of aromatic carboxylic acids is 1. The molecule has 6 heteroatoms. The lowest BCUT2D eigenvalue weighted by Crippen LogP contribution is -1.98. The smallest absolute Gasteiger partial charge is 0.339 e. The molecule has 0 spiro atoms. The van der Waals surface area contributed by atoms with E-state index in [4.69, 9.17) is 5.11 Å². The normalized spacial score (nSPS) is 10.7. The fourth-order valence-corrected chi connectivity index (χ4v) is 1.77. The molecule has 2 aromatic carbocycles. The van der Waals surface area contributed by atoms with Gasteiger partial charge in [0.2, 0.25) is 0 Å². The summed E-state index contributed by atoms with van der Waals surface area (Å²) in [5, 5.41) is 22.3.